The Bertz CT molecular complexity index is 803. The van der Waals surface area contributed by atoms with Crippen LogP contribution in [0.25, 0.3) is 0 Å². The summed E-state index contributed by atoms with van der Waals surface area (Å²) in [6, 6.07) is 16.1. The van der Waals surface area contributed by atoms with Crippen LogP contribution in [0, 0.1) is 27.9 Å². The Morgan fingerprint density at radius 1 is 1.04 bits per heavy atom. The van der Waals surface area contributed by atoms with Crippen molar-refractivity contribution >= 4 is 11.7 Å². The molecule has 2 saturated carbocycles. The largest absolute Gasteiger partial charge is 0.462 e. The average molecular weight is 351 g/mol. The predicted molar refractivity (Wildman–Crippen MR) is 96.9 cm³/mol. The summed E-state index contributed by atoms with van der Waals surface area (Å²) in [5, 5.41) is 10.7. The number of carbonyl (C=O) groups excluding carboxylic acids is 1. The van der Waals surface area contributed by atoms with Crippen molar-refractivity contribution in [3.05, 3.63) is 75.8 Å². The van der Waals surface area contributed by atoms with Gasteiger partial charge in [0.05, 0.1) is 17.1 Å². The van der Waals surface area contributed by atoms with Crippen LogP contribution in [0.2, 0.25) is 0 Å². The van der Waals surface area contributed by atoms with Crippen molar-refractivity contribution < 1.29 is 14.5 Å². The molecule has 4 rings (SSSR count). The maximum Gasteiger partial charge on any atom is 0.338 e. The van der Waals surface area contributed by atoms with E-state index in [0.29, 0.717) is 35.8 Å². The van der Waals surface area contributed by atoms with Crippen molar-refractivity contribution in [1.82, 2.24) is 0 Å². The molecule has 0 amide bonds. The Morgan fingerprint density at radius 3 is 2.42 bits per heavy atom. The van der Waals surface area contributed by atoms with E-state index in [2.05, 4.69) is 24.3 Å². The van der Waals surface area contributed by atoms with Crippen LogP contribution in [0.5, 0.6) is 0 Å². The summed E-state index contributed by atoms with van der Waals surface area (Å²) in [5.41, 5.74) is 1.67. The molecule has 0 heterocycles. The summed E-state index contributed by atoms with van der Waals surface area (Å²) in [6.07, 6.45) is 3.70. The van der Waals surface area contributed by atoms with E-state index in [4.69, 9.17) is 4.74 Å². The summed E-state index contributed by atoms with van der Waals surface area (Å²) in [4.78, 5) is 22.6. The summed E-state index contributed by atoms with van der Waals surface area (Å²) in [6.45, 7) is 0.413. The number of fused-ring (bicyclic) bond motifs is 2. The Labute approximate surface area is 152 Å². The molecule has 2 aliphatic rings. The topological polar surface area (TPSA) is 69.4 Å². The van der Waals surface area contributed by atoms with E-state index >= 15 is 0 Å². The van der Waals surface area contributed by atoms with E-state index in [1.165, 1.54) is 49.1 Å². The summed E-state index contributed by atoms with van der Waals surface area (Å²) < 4.78 is 5.61. The number of carbonyl (C=O) groups is 1. The Kier molecular flexibility index (Phi) is 4.45. The first kappa shape index (κ1) is 16.8. The van der Waals surface area contributed by atoms with Crippen LogP contribution in [0.3, 0.4) is 0 Å². The lowest BCUT2D eigenvalue weighted by atomic mass is 9.76. The number of hydrogen-bond donors (Lipinski definition) is 0. The quantitative estimate of drug-likeness (QED) is 0.449. The molecule has 4 atom stereocenters. The first-order chi connectivity index (χ1) is 12.6. The van der Waals surface area contributed by atoms with Gasteiger partial charge in [-0.2, -0.15) is 0 Å². The molecule has 0 aromatic heterocycles. The lowest BCUT2D eigenvalue weighted by Gasteiger charge is -2.31. The van der Waals surface area contributed by atoms with Crippen LogP contribution in [0.15, 0.2) is 54.6 Å². The number of nitro benzene ring substituents is 1. The van der Waals surface area contributed by atoms with Gasteiger partial charge in [0.25, 0.3) is 5.69 Å². The van der Waals surface area contributed by atoms with Crippen molar-refractivity contribution in [3.63, 3.8) is 0 Å². The van der Waals surface area contributed by atoms with Crippen LogP contribution in [-0.4, -0.2) is 17.5 Å². The number of hydrogen-bond acceptors (Lipinski definition) is 4. The van der Waals surface area contributed by atoms with Crippen molar-refractivity contribution in [2.24, 2.45) is 17.8 Å². The van der Waals surface area contributed by atoms with Gasteiger partial charge in [0.15, 0.2) is 0 Å². The molecule has 2 fully saturated rings. The highest BCUT2D eigenvalue weighted by molar-refractivity contribution is 5.89. The molecule has 134 valence electrons. The molecular weight excluding hydrogens is 330 g/mol. The van der Waals surface area contributed by atoms with Gasteiger partial charge in [-0.15, -0.1) is 0 Å². The van der Waals surface area contributed by atoms with Crippen molar-refractivity contribution in [2.75, 3.05) is 6.61 Å². The average Bonchev–Trinajstić information content (AvgIpc) is 3.28. The zero-order valence-electron chi connectivity index (χ0n) is 14.4. The molecule has 0 spiro atoms. The van der Waals surface area contributed by atoms with Crippen LogP contribution in [-0.2, 0) is 4.74 Å². The molecular formula is C21H21NO4. The highest BCUT2D eigenvalue weighted by Gasteiger charge is 2.48. The molecule has 2 aliphatic carbocycles. The number of esters is 1. The molecule has 2 aromatic carbocycles. The number of rotatable bonds is 5. The fraction of sp³-hybridized carbons (Fsp3) is 0.381. The van der Waals surface area contributed by atoms with Gasteiger partial charge < -0.3 is 4.74 Å². The Balaban J connectivity index is 1.44. The van der Waals surface area contributed by atoms with Gasteiger partial charge in [-0.25, -0.2) is 4.79 Å². The van der Waals surface area contributed by atoms with Gasteiger partial charge >= 0.3 is 5.97 Å². The van der Waals surface area contributed by atoms with Gasteiger partial charge in [-0.05, 0) is 54.7 Å². The maximum atomic E-state index is 12.3. The molecule has 2 bridgehead atoms. The monoisotopic (exact) mass is 351 g/mol. The highest BCUT2D eigenvalue weighted by Crippen LogP contribution is 2.56. The standard InChI is InChI=1S/C21H21NO4/c23-21(15-8-10-18(11-9-15)22(24)25)26-13-19-16-6-7-17(12-16)20(19)14-4-2-1-3-5-14/h1-5,8-11,16-17,19-20H,6-7,12-13H2/t16-,17+,19-,20+/m0/s1. The third-order valence-corrected chi connectivity index (χ3v) is 5.99. The van der Waals surface area contributed by atoms with Gasteiger partial charge in [0.2, 0.25) is 0 Å². The first-order valence-electron chi connectivity index (χ1n) is 9.10. The minimum absolute atomic E-state index is 0.0289. The van der Waals surface area contributed by atoms with Crippen LogP contribution in [0.1, 0.15) is 41.1 Å². The van der Waals surface area contributed by atoms with Crippen LogP contribution >= 0.6 is 0 Å². The van der Waals surface area contributed by atoms with Crippen molar-refractivity contribution in [1.29, 1.82) is 0 Å². The first-order valence-corrected chi connectivity index (χ1v) is 9.10. The second-order valence-electron chi connectivity index (χ2n) is 7.34. The molecule has 2 aromatic rings. The minimum atomic E-state index is -0.477. The summed E-state index contributed by atoms with van der Waals surface area (Å²) in [5.74, 6) is 1.72. The molecule has 0 saturated heterocycles. The van der Waals surface area contributed by atoms with E-state index in [9.17, 15) is 14.9 Å². The fourth-order valence-corrected chi connectivity index (χ4v) is 4.82. The number of ether oxygens (including phenoxy) is 1. The molecule has 5 heteroatoms. The van der Waals surface area contributed by atoms with Crippen molar-refractivity contribution in [2.45, 2.75) is 25.2 Å². The van der Waals surface area contributed by atoms with E-state index in [-0.39, 0.29) is 5.69 Å². The zero-order chi connectivity index (χ0) is 18.1. The van der Waals surface area contributed by atoms with Gasteiger partial charge in [0, 0.05) is 18.1 Å². The lowest BCUT2D eigenvalue weighted by Crippen LogP contribution is -2.26. The minimum Gasteiger partial charge on any atom is -0.462 e. The fourth-order valence-electron chi connectivity index (χ4n) is 4.82. The van der Waals surface area contributed by atoms with E-state index in [1.54, 1.807) is 0 Å². The molecule has 0 aliphatic heterocycles. The van der Waals surface area contributed by atoms with E-state index in [0.717, 1.165) is 0 Å². The van der Waals surface area contributed by atoms with Gasteiger partial charge in [-0.3, -0.25) is 10.1 Å². The van der Waals surface area contributed by atoms with E-state index in [1.807, 2.05) is 6.07 Å². The molecule has 0 unspecified atom stereocenters. The maximum absolute atomic E-state index is 12.3. The molecule has 0 radical (unpaired) electrons. The molecule has 5 nitrogen and oxygen atoms in total. The van der Waals surface area contributed by atoms with E-state index < -0.39 is 10.9 Å². The van der Waals surface area contributed by atoms with Crippen LogP contribution in [0.4, 0.5) is 5.69 Å². The highest BCUT2D eigenvalue weighted by atomic mass is 16.6. The summed E-state index contributed by atoms with van der Waals surface area (Å²) >= 11 is 0. The predicted octanol–water partition coefficient (Wildman–Crippen LogP) is 4.58. The smallest absolute Gasteiger partial charge is 0.338 e. The second-order valence-corrected chi connectivity index (χ2v) is 7.34. The lowest BCUT2D eigenvalue weighted by molar-refractivity contribution is -0.384. The normalized spacial score (nSPS) is 26.6. The Hall–Kier alpha value is -2.69. The van der Waals surface area contributed by atoms with Gasteiger partial charge in [0.1, 0.15) is 0 Å². The Morgan fingerprint density at radius 2 is 1.73 bits per heavy atom. The van der Waals surface area contributed by atoms with Crippen molar-refractivity contribution in [3.8, 4) is 0 Å². The third kappa shape index (κ3) is 3.09. The SMILES string of the molecule is O=C(OC[C@H]1[C@H]2CC[C@H](C2)[C@H]1c1ccccc1)c1ccc([N+](=O)[O-])cc1. The third-order valence-electron chi connectivity index (χ3n) is 5.99. The van der Waals surface area contributed by atoms with Gasteiger partial charge in [-0.1, -0.05) is 30.3 Å². The summed E-state index contributed by atoms with van der Waals surface area (Å²) in [7, 11) is 0. The molecule has 26 heavy (non-hydrogen) atoms. The number of nitrogens with zero attached hydrogens (tertiary/aromatic N) is 1. The number of nitro groups is 1. The second kappa shape index (κ2) is 6.90. The zero-order valence-corrected chi connectivity index (χ0v) is 14.4. The number of non-ortho nitro benzene ring substituents is 1. The number of benzene rings is 2. The molecule has 0 N–H and O–H groups in total. The van der Waals surface area contributed by atoms with Crippen LogP contribution < -0.4 is 0 Å².